The summed E-state index contributed by atoms with van der Waals surface area (Å²) in [6, 6.07) is 9.98. The highest BCUT2D eigenvalue weighted by molar-refractivity contribution is 5.62. The largest absolute Gasteiger partial charge is 0.383 e. The van der Waals surface area contributed by atoms with Crippen LogP contribution < -0.4 is 21.9 Å². The number of unbranched alkanes of at least 4 members (excludes halogenated alkanes) is 1. The van der Waals surface area contributed by atoms with Crippen LogP contribution in [0.25, 0.3) is 0 Å². The molecule has 2 rings (SSSR count). The van der Waals surface area contributed by atoms with Crippen molar-refractivity contribution in [2.24, 2.45) is 5.92 Å². The lowest BCUT2D eigenvalue weighted by Crippen LogP contribution is -2.39. The predicted molar refractivity (Wildman–Crippen MR) is 108 cm³/mol. The van der Waals surface area contributed by atoms with Gasteiger partial charge in [0.1, 0.15) is 11.5 Å². The summed E-state index contributed by atoms with van der Waals surface area (Å²) >= 11 is 0. The lowest BCUT2D eigenvalue weighted by atomic mass is 10.1. The van der Waals surface area contributed by atoms with Gasteiger partial charge in [0.15, 0.2) is 0 Å². The lowest BCUT2D eigenvalue weighted by molar-refractivity contribution is 0.565. The van der Waals surface area contributed by atoms with Gasteiger partial charge in [-0.3, -0.25) is 14.3 Å². The number of hydrogen-bond acceptors (Lipinski definition) is 4. The minimum atomic E-state index is -0.437. The Labute approximate surface area is 154 Å². The fraction of sp³-hybridized carbons (Fsp3) is 0.500. The molecule has 3 N–H and O–H groups in total. The topological polar surface area (TPSA) is 84.1 Å². The standard InChI is InChI=1S/C20H30N4O2/c1-4-5-12-24-18(21)17(19(25)22-20(24)26)23(13-11-15(2)3)14-16-9-7-6-8-10-16/h6-10,15H,4-5,11-14,21H2,1-3H3,(H,22,25,26). The molecule has 26 heavy (non-hydrogen) atoms. The molecule has 142 valence electrons. The highest BCUT2D eigenvalue weighted by atomic mass is 16.2. The van der Waals surface area contributed by atoms with E-state index in [1.54, 1.807) is 0 Å². The van der Waals surface area contributed by atoms with Crippen LogP contribution in [-0.4, -0.2) is 16.1 Å². The third-order valence-corrected chi connectivity index (χ3v) is 4.46. The van der Waals surface area contributed by atoms with Crippen LogP contribution in [-0.2, 0) is 13.1 Å². The second kappa shape index (κ2) is 9.27. The van der Waals surface area contributed by atoms with E-state index in [2.05, 4.69) is 25.8 Å². The molecule has 0 aliphatic heterocycles. The molecule has 2 aromatic rings. The van der Waals surface area contributed by atoms with Crippen molar-refractivity contribution < 1.29 is 0 Å². The summed E-state index contributed by atoms with van der Waals surface area (Å²) in [5, 5.41) is 0. The van der Waals surface area contributed by atoms with Crippen molar-refractivity contribution in [3.05, 3.63) is 56.7 Å². The van der Waals surface area contributed by atoms with E-state index in [9.17, 15) is 9.59 Å². The van der Waals surface area contributed by atoms with Crippen molar-refractivity contribution >= 4 is 11.5 Å². The summed E-state index contributed by atoms with van der Waals surface area (Å²) in [6.07, 6.45) is 2.71. The van der Waals surface area contributed by atoms with E-state index in [1.807, 2.05) is 35.2 Å². The minimum absolute atomic E-state index is 0.256. The van der Waals surface area contributed by atoms with Gasteiger partial charge in [-0.05, 0) is 24.3 Å². The number of benzene rings is 1. The maximum Gasteiger partial charge on any atom is 0.330 e. The van der Waals surface area contributed by atoms with Crippen molar-refractivity contribution in [3.63, 3.8) is 0 Å². The molecule has 0 spiro atoms. The number of aromatic amines is 1. The van der Waals surface area contributed by atoms with Gasteiger partial charge in [0, 0.05) is 19.6 Å². The van der Waals surface area contributed by atoms with Gasteiger partial charge in [0.05, 0.1) is 0 Å². The quantitative estimate of drug-likeness (QED) is 0.722. The van der Waals surface area contributed by atoms with Crippen molar-refractivity contribution in [3.8, 4) is 0 Å². The van der Waals surface area contributed by atoms with Crippen LogP contribution in [0.4, 0.5) is 11.5 Å². The molecular formula is C20H30N4O2. The highest BCUT2D eigenvalue weighted by Crippen LogP contribution is 2.21. The van der Waals surface area contributed by atoms with E-state index in [4.69, 9.17) is 5.73 Å². The monoisotopic (exact) mass is 358 g/mol. The summed E-state index contributed by atoms with van der Waals surface area (Å²) in [6.45, 7) is 8.14. The fourth-order valence-corrected chi connectivity index (χ4v) is 2.91. The zero-order valence-electron chi connectivity index (χ0n) is 16.0. The Kier molecular flexibility index (Phi) is 7.06. The average molecular weight is 358 g/mol. The summed E-state index contributed by atoms with van der Waals surface area (Å²) < 4.78 is 1.48. The second-order valence-corrected chi connectivity index (χ2v) is 7.09. The number of anilines is 2. The zero-order chi connectivity index (χ0) is 19.1. The number of hydrogen-bond donors (Lipinski definition) is 2. The number of nitrogens with two attached hydrogens (primary N) is 1. The van der Waals surface area contributed by atoms with Crippen molar-refractivity contribution in [1.82, 2.24) is 9.55 Å². The Morgan fingerprint density at radius 1 is 1.19 bits per heavy atom. The molecule has 0 saturated carbocycles. The molecule has 6 heteroatoms. The Morgan fingerprint density at radius 3 is 2.50 bits per heavy atom. The number of rotatable bonds is 9. The molecule has 0 amide bonds. The average Bonchev–Trinajstić information content (AvgIpc) is 2.60. The maximum absolute atomic E-state index is 12.6. The second-order valence-electron chi connectivity index (χ2n) is 7.09. The van der Waals surface area contributed by atoms with Gasteiger partial charge in [-0.1, -0.05) is 57.5 Å². The van der Waals surface area contributed by atoms with E-state index >= 15 is 0 Å². The van der Waals surface area contributed by atoms with E-state index in [1.165, 1.54) is 4.57 Å². The molecule has 6 nitrogen and oxygen atoms in total. The SMILES string of the molecule is CCCCn1c(N)c(N(CCC(C)C)Cc2ccccc2)c(=O)[nH]c1=O. The first-order valence-electron chi connectivity index (χ1n) is 9.35. The first kappa shape index (κ1) is 19.8. The maximum atomic E-state index is 12.6. The van der Waals surface area contributed by atoms with Crippen LogP contribution in [0, 0.1) is 5.92 Å². The van der Waals surface area contributed by atoms with E-state index < -0.39 is 11.2 Å². The molecule has 0 atom stereocenters. The Morgan fingerprint density at radius 2 is 1.88 bits per heavy atom. The van der Waals surface area contributed by atoms with Gasteiger partial charge in [-0.25, -0.2) is 4.79 Å². The molecule has 0 saturated heterocycles. The first-order chi connectivity index (χ1) is 12.4. The van der Waals surface area contributed by atoms with Crippen LogP contribution in [0.5, 0.6) is 0 Å². The van der Waals surface area contributed by atoms with Crippen LogP contribution in [0.3, 0.4) is 0 Å². The number of H-pyrrole nitrogens is 1. The number of nitrogen functional groups attached to an aromatic ring is 1. The van der Waals surface area contributed by atoms with Gasteiger partial charge >= 0.3 is 5.69 Å². The van der Waals surface area contributed by atoms with E-state index in [0.29, 0.717) is 31.2 Å². The van der Waals surface area contributed by atoms with Gasteiger partial charge < -0.3 is 10.6 Å². The third kappa shape index (κ3) is 5.00. The molecule has 1 aromatic heterocycles. The highest BCUT2D eigenvalue weighted by Gasteiger charge is 2.19. The van der Waals surface area contributed by atoms with Crippen LogP contribution in [0.2, 0.25) is 0 Å². The summed E-state index contributed by atoms with van der Waals surface area (Å²) in [4.78, 5) is 29.2. The molecule has 0 fully saturated rings. The Hall–Kier alpha value is -2.50. The zero-order valence-corrected chi connectivity index (χ0v) is 16.0. The molecular weight excluding hydrogens is 328 g/mol. The van der Waals surface area contributed by atoms with E-state index in [-0.39, 0.29) is 5.82 Å². The minimum Gasteiger partial charge on any atom is -0.383 e. The number of nitrogens with one attached hydrogen (secondary N) is 1. The third-order valence-electron chi connectivity index (χ3n) is 4.46. The number of aromatic nitrogens is 2. The van der Waals surface area contributed by atoms with Gasteiger partial charge in [-0.15, -0.1) is 0 Å². The van der Waals surface area contributed by atoms with Crippen molar-refractivity contribution in [1.29, 1.82) is 0 Å². The van der Waals surface area contributed by atoms with Crippen LogP contribution >= 0.6 is 0 Å². The van der Waals surface area contributed by atoms with Gasteiger partial charge in [-0.2, -0.15) is 0 Å². The summed E-state index contributed by atoms with van der Waals surface area (Å²) in [5.41, 5.74) is 6.93. The summed E-state index contributed by atoms with van der Waals surface area (Å²) in [5.74, 6) is 0.756. The molecule has 0 unspecified atom stereocenters. The fourth-order valence-electron chi connectivity index (χ4n) is 2.91. The molecule has 0 radical (unpaired) electrons. The molecule has 1 aromatic carbocycles. The van der Waals surface area contributed by atoms with Crippen LogP contribution in [0.1, 0.15) is 45.6 Å². The van der Waals surface area contributed by atoms with E-state index in [0.717, 1.165) is 24.8 Å². The predicted octanol–water partition coefficient (Wildman–Crippen LogP) is 2.97. The van der Waals surface area contributed by atoms with Crippen LogP contribution in [0.15, 0.2) is 39.9 Å². The molecule has 0 aliphatic rings. The van der Waals surface area contributed by atoms with Gasteiger partial charge in [0.2, 0.25) is 0 Å². The normalized spacial score (nSPS) is 11.1. The molecule has 1 heterocycles. The molecule has 0 aliphatic carbocycles. The Balaban J connectivity index is 2.45. The van der Waals surface area contributed by atoms with Gasteiger partial charge in [0.25, 0.3) is 5.56 Å². The number of nitrogens with zero attached hydrogens (tertiary/aromatic N) is 2. The molecule has 0 bridgehead atoms. The lowest BCUT2D eigenvalue weighted by Gasteiger charge is -2.27. The van der Waals surface area contributed by atoms with Crippen molar-refractivity contribution in [2.75, 3.05) is 17.2 Å². The Bertz CT molecular complexity index is 809. The smallest absolute Gasteiger partial charge is 0.330 e. The first-order valence-corrected chi connectivity index (χ1v) is 9.35. The van der Waals surface area contributed by atoms with Crippen molar-refractivity contribution in [2.45, 2.75) is 53.1 Å². The summed E-state index contributed by atoms with van der Waals surface area (Å²) in [7, 11) is 0.